The maximum absolute atomic E-state index is 4.74. The summed E-state index contributed by atoms with van der Waals surface area (Å²) < 4.78 is 0. The summed E-state index contributed by atoms with van der Waals surface area (Å²) in [6.45, 7) is 7.13. The van der Waals surface area contributed by atoms with Crippen molar-refractivity contribution in [2.75, 3.05) is 25.5 Å². The van der Waals surface area contributed by atoms with E-state index in [2.05, 4.69) is 39.7 Å². The van der Waals surface area contributed by atoms with Gasteiger partial charge in [0.25, 0.3) is 0 Å². The summed E-state index contributed by atoms with van der Waals surface area (Å²) in [5.74, 6) is 2.39. The molecule has 1 aliphatic heterocycles. The number of hydrogen-bond acceptors (Lipinski definition) is 5. The standard InChI is InChI=1S/C18H25N5/c1-13(2)17-20-10-15-12-23(9-7-16(15)21-17)11-14-6-5-8-19-18(14)22(3)4/h5-6,8,10,13H,7,9,11-12H2,1-4H3. The van der Waals surface area contributed by atoms with Crippen LogP contribution in [0.25, 0.3) is 0 Å². The minimum Gasteiger partial charge on any atom is -0.362 e. The van der Waals surface area contributed by atoms with Crippen LogP contribution in [0.1, 0.15) is 42.4 Å². The van der Waals surface area contributed by atoms with E-state index in [-0.39, 0.29) is 0 Å². The Bertz CT molecular complexity index is 681. The molecule has 5 nitrogen and oxygen atoms in total. The van der Waals surface area contributed by atoms with Gasteiger partial charge in [-0.25, -0.2) is 15.0 Å². The van der Waals surface area contributed by atoms with Crippen molar-refractivity contribution in [1.82, 2.24) is 19.9 Å². The summed E-state index contributed by atoms with van der Waals surface area (Å²) in [7, 11) is 4.08. The molecule has 5 heteroatoms. The minimum absolute atomic E-state index is 0.386. The van der Waals surface area contributed by atoms with Gasteiger partial charge in [-0.1, -0.05) is 19.9 Å². The summed E-state index contributed by atoms with van der Waals surface area (Å²) in [5, 5.41) is 0. The van der Waals surface area contributed by atoms with Gasteiger partial charge in [-0.15, -0.1) is 0 Å². The summed E-state index contributed by atoms with van der Waals surface area (Å²) in [6, 6.07) is 4.18. The highest BCUT2D eigenvalue weighted by molar-refractivity contribution is 5.45. The van der Waals surface area contributed by atoms with Crippen LogP contribution in [0.5, 0.6) is 0 Å². The molecule has 0 saturated heterocycles. The first-order valence-corrected chi connectivity index (χ1v) is 8.23. The van der Waals surface area contributed by atoms with Crippen molar-refractivity contribution in [1.29, 1.82) is 0 Å². The van der Waals surface area contributed by atoms with Crippen LogP contribution in [0.15, 0.2) is 24.5 Å². The Labute approximate surface area is 138 Å². The Morgan fingerprint density at radius 3 is 2.83 bits per heavy atom. The number of nitrogens with zero attached hydrogens (tertiary/aromatic N) is 5. The van der Waals surface area contributed by atoms with Crippen LogP contribution in [0.3, 0.4) is 0 Å². The minimum atomic E-state index is 0.386. The smallest absolute Gasteiger partial charge is 0.132 e. The van der Waals surface area contributed by atoms with Gasteiger partial charge >= 0.3 is 0 Å². The molecule has 0 N–H and O–H groups in total. The van der Waals surface area contributed by atoms with Crippen molar-refractivity contribution in [2.24, 2.45) is 0 Å². The lowest BCUT2D eigenvalue weighted by Crippen LogP contribution is -2.31. The van der Waals surface area contributed by atoms with E-state index in [0.717, 1.165) is 37.7 Å². The second-order valence-electron chi connectivity index (χ2n) is 6.70. The maximum Gasteiger partial charge on any atom is 0.132 e. The van der Waals surface area contributed by atoms with Crippen molar-refractivity contribution in [3.05, 3.63) is 47.2 Å². The lowest BCUT2D eigenvalue weighted by atomic mass is 10.1. The molecule has 0 amide bonds. The van der Waals surface area contributed by atoms with Gasteiger partial charge in [-0.05, 0) is 6.07 Å². The Kier molecular flexibility index (Phi) is 4.57. The zero-order valence-corrected chi connectivity index (χ0v) is 14.5. The molecule has 0 aromatic carbocycles. The molecule has 3 heterocycles. The Morgan fingerprint density at radius 2 is 2.09 bits per heavy atom. The van der Waals surface area contributed by atoms with Gasteiger partial charge in [0.15, 0.2) is 0 Å². The molecular weight excluding hydrogens is 286 g/mol. The van der Waals surface area contributed by atoms with Crippen LogP contribution in [-0.4, -0.2) is 40.5 Å². The molecule has 0 bridgehead atoms. The zero-order valence-electron chi connectivity index (χ0n) is 14.5. The van der Waals surface area contributed by atoms with Crippen LogP contribution in [0, 0.1) is 0 Å². The van der Waals surface area contributed by atoms with Gasteiger partial charge in [0.2, 0.25) is 0 Å². The molecule has 23 heavy (non-hydrogen) atoms. The second-order valence-corrected chi connectivity index (χ2v) is 6.70. The largest absolute Gasteiger partial charge is 0.362 e. The molecule has 0 unspecified atom stereocenters. The number of hydrogen-bond donors (Lipinski definition) is 0. The van der Waals surface area contributed by atoms with Crippen molar-refractivity contribution in [3.8, 4) is 0 Å². The van der Waals surface area contributed by atoms with E-state index in [4.69, 9.17) is 4.98 Å². The van der Waals surface area contributed by atoms with Crippen LogP contribution < -0.4 is 4.90 Å². The van der Waals surface area contributed by atoms with Crippen molar-refractivity contribution >= 4 is 5.82 Å². The SMILES string of the molecule is CC(C)c1ncc2c(n1)CCN(Cc1cccnc1N(C)C)C2. The summed E-state index contributed by atoms with van der Waals surface area (Å²) in [4.78, 5) is 18.3. The predicted molar refractivity (Wildman–Crippen MR) is 92.5 cm³/mol. The van der Waals surface area contributed by atoms with Crippen LogP contribution >= 0.6 is 0 Å². The molecule has 0 spiro atoms. The fourth-order valence-corrected chi connectivity index (χ4v) is 3.00. The van der Waals surface area contributed by atoms with E-state index >= 15 is 0 Å². The normalized spacial score (nSPS) is 14.8. The number of fused-ring (bicyclic) bond motifs is 1. The number of anilines is 1. The summed E-state index contributed by atoms with van der Waals surface area (Å²) >= 11 is 0. The lowest BCUT2D eigenvalue weighted by Gasteiger charge is -2.29. The molecule has 1 aliphatic rings. The van der Waals surface area contributed by atoms with E-state index < -0.39 is 0 Å². The van der Waals surface area contributed by atoms with E-state index in [9.17, 15) is 0 Å². The molecule has 0 aliphatic carbocycles. The van der Waals surface area contributed by atoms with Gasteiger partial charge < -0.3 is 4.90 Å². The zero-order chi connectivity index (χ0) is 16.4. The Hall–Kier alpha value is -2.01. The third-order valence-electron chi connectivity index (χ3n) is 4.23. The van der Waals surface area contributed by atoms with Crippen molar-refractivity contribution in [3.63, 3.8) is 0 Å². The number of pyridine rings is 1. The fourth-order valence-electron chi connectivity index (χ4n) is 3.00. The third-order valence-corrected chi connectivity index (χ3v) is 4.23. The molecule has 122 valence electrons. The lowest BCUT2D eigenvalue weighted by molar-refractivity contribution is 0.242. The van der Waals surface area contributed by atoms with Crippen LogP contribution in [0.4, 0.5) is 5.82 Å². The van der Waals surface area contributed by atoms with E-state index in [0.29, 0.717) is 5.92 Å². The highest BCUT2D eigenvalue weighted by atomic mass is 15.2. The van der Waals surface area contributed by atoms with Crippen LogP contribution in [-0.2, 0) is 19.5 Å². The van der Waals surface area contributed by atoms with Crippen molar-refractivity contribution in [2.45, 2.75) is 39.3 Å². The predicted octanol–water partition coefficient (Wildman–Crippen LogP) is 2.62. The maximum atomic E-state index is 4.74. The van der Waals surface area contributed by atoms with Gasteiger partial charge in [0, 0.05) is 75.3 Å². The summed E-state index contributed by atoms with van der Waals surface area (Å²) in [5.41, 5.74) is 3.75. The van der Waals surface area contributed by atoms with Crippen molar-refractivity contribution < 1.29 is 0 Å². The molecule has 2 aromatic heterocycles. The molecule has 0 fully saturated rings. The quantitative estimate of drug-likeness (QED) is 0.868. The molecule has 0 radical (unpaired) electrons. The molecular formula is C18H25N5. The average Bonchev–Trinajstić information content (AvgIpc) is 2.54. The summed E-state index contributed by atoms with van der Waals surface area (Å²) in [6.07, 6.45) is 4.86. The Morgan fingerprint density at radius 1 is 1.26 bits per heavy atom. The topological polar surface area (TPSA) is 45.2 Å². The Balaban J connectivity index is 1.76. The first-order chi connectivity index (χ1) is 11.0. The van der Waals surface area contributed by atoms with Crippen LogP contribution in [0.2, 0.25) is 0 Å². The third kappa shape index (κ3) is 3.50. The molecule has 2 aromatic rings. The molecule has 0 saturated carbocycles. The average molecular weight is 311 g/mol. The molecule has 3 rings (SSSR count). The second kappa shape index (κ2) is 6.62. The van der Waals surface area contributed by atoms with E-state index in [1.54, 1.807) is 0 Å². The van der Waals surface area contributed by atoms with E-state index in [1.165, 1.54) is 16.8 Å². The first kappa shape index (κ1) is 15.9. The van der Waals surface area contributed by atoms with E-state index in [1.807, 2.05) is 32.6 Å². The fraction of sp³-hybridized carbons (Fsp3) is 0.500. The van der Waals surface area contributed by atoms with Gasteiger partial charge in [-0.2, -0.15) is 0 Å². The number of aromatic nitrogens is 3. The highest BCUT2D eigenvalue weighted by Gasteiger charge is 2.20. The number of rotatable bonds is 4. The highest BCUT2D eigenvalue weighted by Crippen LogP contribution is 2.23. The monoisotopic (exact) mass is 311 g/mol. The molecule has 0 atom stereocenters. The van der Waals surface area contributed by atoms with Gasteiger partial charge in [-0.3, -0.25) is 4.90 Å². The van der Waals surface area contributed by atoms with Gasteiger partial charge in [0.1, 0.15) is 11.6 Å². The van der Waals surface area contributed by atoms with Gasteiger partial charge in [0.05, 0.1) is 0 Å². The first-order valence-electron chi connectivity index (χ1n) is 8.23.